The smallest absolute Gasteiger partial charge is 0.323 e. The van der Waals surface area contributed by atoms with Crippen LogP contribution in [-0.2, 0) is 19.1 Å². The Hall–Kier alpha value is -1.63. The van der Waals surface area contributed by atoms with Crippen molar-refractivity contribution in [3.8, 4) is 0 Å². The van der Waals surface area contributed by atoms with Gasteiger partial charge in [0, 0.05) is 32.7 Å². The second kappa shape index (κ2) is 7.58. The van der Waals surface area contributed by atoms with E-state index in [-0.39, 0.29) is 30.3 Å². The van der Waals surface area contributed by atoms with Crippen molar-refractivity contribution in [1.82, 2.24) is 9.80 Å². The molecule has 2 unspecified atom stereocenters. The summed E-state index contributed by atoms with van der Waals surface area (Å²) >= 11 is 0. The zero-order chi connectivity index (χ0) is 16.1. The summed E-state index contributed by atoms with van der Waals surface area (Å²) in [5.41, 5.74) is 0. The highest BCUT2D eigenvalue weighted by Crippen LogP contribution is 2.21. The third-order valence-corrected chi connectivity index (χ3v) is 4.44. The lowest BCUT2D eigenvalue weighted by molar-refractivity contribution is -0.145. The molecule has 0 aromatic carbocycles. The van der Waals surface area contributed by atoms with Crippen molar-refractivity contribution in [2.75, 3.05) is 32.8 Å². The number of carbonyl (C=O) groups is 3. The average molecular weight is 312 g/mol. The van der Waals surface area contributed by atoms with Gasteiger partial charge in [0.05, 0.1) is 12.5 Å². The molecule has 0 aromatic heterocycles. The highest BCUT2D eigenvalue weighted by molar-refractivity contribution is 5.80. The highest BCUT2D eigenvalue weighted by atomic mass is 16.5. The van der Waals surface area contributed by atoms with Gasteiger partial charge in [-0.15, -0.1) is 0 Å². The van der Waals surface area contributed by atoms with Crippen molar-refractivity contribution in [2.24, 2.45) is 5.92 Å². The number of ether oxygens (including phenoxy) is 1. The van der Waals surface area contributed by atoms with E-state index < -0.39 is 5.97 Å². The van der Waals surface area contributed by atoms with Crippen LogP contribution in [0, 0.1) is 5.92 Å². The van der Waals surface area contributed by atoms with Crippen LogP contribution in [0.4, 0.5) is 0 Å². The van der Waals surface area contributed by atoms with Gasteiger partial charge in [0.2, 0.25) is 11.8 Å². The number of nitrogens with zero attached hydrogens (tertiary/aromatic N) is 2. The fraction of sp³-hybridized carbons (Fsp3) is 0.800. The molecule has 2 fully saturated rings. The van der Waals surface area contributed by atoms with Crippen LogP contribution in [-0.4, -0.2) is 71.6 Å². The number of amides is 2. The number of likely N-dealkylation sites (tertiary alicyclic amines) is 1. The van der Waals surface area contributed by atoms with Crippen LogP contribution in [0.25, 0.3) is 0 Å². The maximum absolute atomic E-state index is 12.4. The van der Waals surface area contributed by atoms with Crippen molar-refractivity contribution in [1.29, 1.82) is 0 Å². The summed E-state index contributed by atoms with van der Waals surface area (Å²) in [5.74, 6) is -1.14. The summed E-state index contributed by atoms with van der Waals surface area (Å²) in [6.07, 6.45) is 2.93. The fourth-order valence-electron chi connectivity index (χ4n) is 3.24. The lowest BCUT2D eigenvalue weighted by atomic mass is 10.1. The molecule has 2 amide bonds. The van der Waals surface area contributed by atoms with Gasteiger partial charge in [0.25, 0.3) is 0 Å². The predicted molar refractivity (Wildman–Crippen MR) is 78.2 cm³/mol. The van der Waals surface area contributed by atoms with Crippen LogP contribution in [0.2, 0.25) is 0 Å². The number of hydrogen-bond acceptors (Lipinski definition) is 4. The quantitative estimate of drug-likeness (QED) is 0.809. The van der Waals surface area contributed by atoms with Gasteiger partial charge < -0.3 is 19.6 Å². The van der Waals surface area contributed by atoms with E-state index in [9.17, 15) is 14.4 Å². The molecule has 0 radical (unpaired) electrons. The number of rotatable bonds is 4. The number of aliphatic carboxylic acids is 1. The first-order chi connectivity index (χ1) is 10.5. The zero-order valence-electron chi connectivity index (χ0n) is 13.0. The molecule has 2 atom stereocenters. The first kappa shape index (κ1) is 16.7. The van der Waals surface area contributed by atoms with E-state index in [2.05, 4.69) is 0 Å². The fourth-order valence-corrected chi connectivity index (χ4v) is 3.24. The van der Waals surface area contributed by atoms with E-state index in [4.69, 9.17) is 9.84 Å². The summed E-state index contributed by atoms with van der Waals surface area (Å²) < 4.78 is 5.27. The van der Waals surface area contributed by atoms with Crippen LogP contribution in [0.3, 0.4) is 0 Å². The van der Waals surface area contributed by atoms with E-state index in [0.717, 1.165) is 19.3 Å². The zero-order valence-corrected chi connectivity index (χ0v) is 13.0. The van der Waals surface area contributed by atoms with Crippen LogP contribution >= 0.6 is 0 Å². The molecule has 0 bridgehead atoms. The molecular formula is C15H24N2O5. The maximum Gasteiger partial charge on any atom is 0.323 e. The standard InChI is InChI=1S/C15H24N2O5/c1-11(18)17(9-14(19)20)13-3-2-6-16(7-4-13)15(21)12-5-8-22-10-12/h12-13H,2-10H2,1H3,(H,19,20). The third-order valence-electron chi connectivity index (χ3n) is 4.44. The minimum Gasteiger partial charge on any atom is -0.480 e. The van der Waals surface area contributed by atoms with Crippen molar-refractivity contribution in [3.63, 3.8) is 0 Å². The lowest BCUT2D eigenvalue weighted by Gasteiger charge is -2.29. The Bertz CT molecular complexity index is 434. The number of hydrogen-bond donors (Lipinski definition) is 1. The molecule has 0 saturated carbocycles. The molecule has 7 heteroatoms. The molecular weight excluding hydrogens is 288 g/mol. The molecule has 2 aliphatic heterocycles. The van der Waals surface area contributed by atoms with Crippen molar-refractivity contribution in [2.45, 2.75) is 38.6 Å². The Morgan fingerprint density at radius 3 is 2.59 bits per heavy atom. The third kappa shape index (κ3) is 4.19. The van der Waals surface area contributed by atoms with E-state index in [0.29, 0.717) is 32.7 Å². The molecule has 2 rings (SSSR count). The van der Waals surface area contributed by atoms with Gasteiger partial charge in [-0.25, -0.2) is 0 Å². The van der Waals surface area contributed by atoms with E-state index in [1.807, 2.05) is 4.90 Å². The highest BCUT2D eigenvalue weighted by Gasteiger charge is 2.31. The number of carboxylic acids is 1. The summed E-state index contributed by atoms with van der Waals surface area (Å²) in [6, 6.07) is -0.105. The van der Waals surface area contributed by atoms with Crippen LogP contribution in [0.15, 0.2) is 0 Å². The summed E-state index contributed by atoms with van der Waals surface area (Å²) in [5, 5.41) is 8.95. The van der Waals surface area contributed by atoms with Gasteiger partial charge in [0.1, 0.15) is 6.54 Å². The topological polar surface area (TPSA) is 87.2 Å². The van der Waals surface area contributed by atoms with Gasteiger partial charge in [-0.3, -0.25) is 14.4 Å². The SMILES string of the molecule is CC(=O)N(CC(=O)O)C1CCCN(C(=O)C2CCOC2)CC1. The minimum absolute atomic E-state index is 0.0421. The summed E-state index contributed by atoms with van der Waals surface area (Å²) in [6.45, 7) is 3.51. The largest absolute Gasteiger partial charge is 0.480 e. The molecule has 22 heavy (non-hydrogen) atoms. The van der Waals surface area contributed by atoms with Crippen molar-refractivity contribution >= 4 is 17.8 Å². The Balaban J connectivity index is 1.94. The number of carbonyl (C=O) groups excluding carboxylic acids is 2. The molecule has 1 N–H and O–H groups in total. The predicted octanol–water partition coefficient (Wildman–Crippen LogP) is 0.337. The van der Waals surface area contributed by atoms with Crippen LogP contribution < -0.4 is 0 Å². The van der Waals surface area contributed by atoms with Crippen molar-refractivity contribution < 1.29 is 24.2 Å². The van der Waals surface area contributed by atoms with Gasteiger partial charge in [-0.1, -0.05) is 0 Å². The molecule has 0 spiro atoms. The molecule has 124 valence electrons. The number of carboxylic acid groups (broad SMARTS) is 1. The molecule has 2 aliphatic rings. The molecule has 0 aliphatic carbocycles. The van der Waals surface area contributed by atoms with E-state index in [1.165, 1.54) is 11.8 Å². The second-order valence-corrected chi connectivity index (χ2v) is 6.01. The van der Waals surface area contributed by atoms with Gasteiger partial charge in [-0.2, -0.15) is 0 Å². The summed E-state index contributed by atoms with van der Waals surface area (Å²) in [7, 11) is 0. The molecule has 0 aromatic rings. The van der Waals surface area contributed by atoms with Crippen LogP contribution in [0.5, 0.6) is 0 Å². The monoisotopic (exact) mass is 312 g/mol. The van der Waals surface area contributed by atoms with Gasteiger partial charge in [0.15, 0.2) is 0 Å². The Kier molecular flexibility index (Phi) is 5.76. The lowest BCUT2D eigenvalue weighted by Crippen LogP contribution is -2.43. The Morgan fingerprint density at radius 1 is 1.23 bits per heavy atom. The molecule has 2 heterocycles. The Morgan fingerprint density at radius 2 is 2.00 bits per heavy atom. The van der Waals surface area contributed by atoms with Gasteiger partial charge in [-0.05, 0) is 25.7 Å². The van der Waals surface area contributed by atoms with Crippen molar-refractivity contribution in [3.05, 3.63) is 0 Å². The first-order valence-corrected chi connectivity index (χ1v) is 7.84. The Labute approximate surface area is 130 Å². The van der Waals surface area contributed by atoms with E-state index in [1.54, 1.807) is 0 Å². The summed E-state index contributed by atoms with van der Waals surface area (Å²) in [4.78, 5) is 38.3. The second-order valence-electron chi connectivity index (χ2n) is 6.01. The average Bonchev–Trinajstić information content (AvgIpc) is 2.89. The normalized spacial score (nSPS) is 25.6. The minimum atomic E-state index is -1.00. The molecule has 7 nitrogen and oxygen atoms in total. The first-order valence-electron chi connectivity index (χ1n) is 7.84. The molecule has 2 saturated heterocycles. The van der Waals surface area contributed by atoms with Crippen LogP contribution in [0.1, 0.15) is 32.6 Å². The maximum atomic E-state index is 12.4. The van der Waals surface area contributed by atoms with Gasteiger partial charge >= 0.3 is 5.97 Å². The van der Waals surface area contributed by atoms with E-state index >= 15 is 0 Å².